The van der Waals surface area contributed by atoms with Crippen molar-refractivity contribution in [3.8, 4) is 5.75 Å². The molecule has 1 heterocycles. The largest absolute Gasteiger partial charge is 0.487 e. The minimum Gasteiger partial charge on any atom is -0.487 e. The number of benzene rings is 1. The Morgan fingerprint density at radius 1 is 1.19 bits per heavy atom. The quantitative estimate of drug-likeness (QED) is 0.428. The molecule has 1 amide bonds. The monoisotopic (exact) mass is 528 g/mol. The zero-order valence-electron chi connectivity index (χ0n) is 18.6. The molecule has 2 aromatic rings. The van der Waals surface area contributed by atoms with E-state index in [1.165, 1.54) is 25.1 Å². The molecule has 2 N–H and O–H groups in total. The summed E-state index contributed by atoms with van der Waals surface area (Å²) in [7, 11) is -3.74. The standard InChI is InChI=1S/C22H29BrN2O6S/c1-5-6-11-30-21-19(26)12-17(25-20(21)22(27)24-14(2)3)13-31-15(4)32(28,29)18-9-7-16(23)8-10-18/h7-10,12,14-15H,5-6,11,13H2,1-4H3,(H,24,27)(H,25,26). The molecule has 1 atom stereocenters. The zero-order valence-corrected chi connectivity index (χ0v) is 21.0. The maximum Gasteiger partial charge on any atom is 0.271 e. The van der Waals surface area contributed by atoms with Gasteiger partial charge in [-0.05, 0) is 51.5 Å². The minimum absolute atomic E-state index is 0.00989. The molecule has 0 bridgehead atoms. The normalized spacial score (nSPS) is 12.6. The van der Waals surface area contributed by atoms with E-state index >= 15 is 0 Å². The van der Waals surface area contributed by atoms with Crippen LogP contribution in [0.5, 0.6) is 5.75 Å². The highest BCUT2D eigenvalue weighted by Gasteiger charge is 2.25. The molecule has 32 heavy (non-hydrogen) atoms. The number of amides is 1. The average molecular weight is 529 g/mol. The van der Waals surface area contributed by atoms with Gasteiger partial charge in [-0.25, -0.2) is 8.42 Å². The Kier molecular flexibility index (Phi) is 9.47. The van der Waals surface area contributed by atoms with Gasteiger partial charge in [0.1, 0.15) is 0 Å². The van der Waals surface area contributed by atoms with Crippen molar-refractivity contribution >= 4 is 31.7 Å². The molecule has 0 aliphatic heterocycles. The Morgan fingerprint density at radius 3 is 2.44 bits per heavy atom. The van der Waals surface area contributed by atoms with Crippen LogP contribution in [0.3, 0.4) is 0 Å². The van der Waals surface area contributed by atoms with E-state index in [9.17, 15) is 18.0 Å². The van der Waals surface area contributed by atoms with Crippen molar-refractivity contribution in [2.24, 2.45) is 0 Å². The highest BCUT2D eigenvalue weighted by Crippen LogP contribution is 2.21. The number of nitrogens with one attached hydrogen (secondary N) is 2. The summed E-state index contributed by atoms with van der Waals surface area (Å²) in [4.78, 5) is 28.3. The van der Waals surface area contributed by atoms with Crippen LogP contribution in [0, 0.1) is 0 Å². The molecule has 1 aromatic heterocycles. The summed E-state index contributed by atoms with van der Waals surface area (Å²) in [6.45, 7) is 7.11. The molecule has 0 fully saturated rings. The summed E-state index contributed by atoms with van der Waals surface area (Å²) < 4.78 is 37.3. The van der Waals surface area contributed by atoms with Crippen molar-refractivity contribution in [2.45, 2.75) is 63.5 Å². The summed E-state index contributed by atoms with van der Waals surface area (Å²) >= 11 is 3.27. The second-order valence-electron chi connectivity index (χ2n) is 7.57. The van der Waals surface area contributed by atoms with Gasteiger partial charge < -0.3 is 19.8 Å². The van der Waals surface area contributed by atoms with Crippen molar-refractivity contribution in [1.82, 2.24) is 10.3 Å². The van der Waals surface area contributed by atoms with Crippen LogP contribution < -0.4 is 15.5 Å². The number of pyridine rings is 1. The molecular weight excluding hydrogens is 500 g/mol. The van der Waals surface area contributed by atoms with E-state index in [1.54, 1.807) is 26.0 Å². The van der Waals surface area contributed by atoms with E-state index in [-0.39, 0.29) is 34.7 Å². The van der Waals surface area contributed by atoms with Crippen molar-refractivity contribution in [3.05, 3.63) is 56.4 Å². The fourth-order valence-corrected chi connectivity index (χ4v) is 4.16. The van der Waals surface area contributed by atoms with Crippen LogP contribution in [0.2, 0.25) is 0 Å². The highest BCUT2D eigenvalue weighted by molar-refractivity contribution is 9.10. The molecule has 1 aromatic carbocycles. The van der Waals surface area contributed by atoms with Gasteiger partial charge in [0.05, 0.1) is 18.1 Å². The molecule has 2 rings (SSSR count). The number of hydrogen-bond acceptors (Lipinski definition) is 6. The number of hydrogen-bond donors (Lipinski definition) is 2. The number of H-pyrrole nitrogens is 1. The van der Waals surface area contributed by atoms with E-state index in [0.29, 0.717) is 6.61 Å². The summed E-state index contributed by atoms with van der Waals surface area (Å²) in [6, 6.07) is 7.34. The van der Waals surface area contributed by atoms with Crippen LogP contribution in [0.4, 0.5) is 0 Å². The van der Waals surface area contributed by atoms with Gasteiger partial charge in [0.25, 0.3) is 5.91 Å². The topological polar surface area (TPSA) is 115 Å². The SMILES string of the molecule is CCCCOc1c(C(=O)NC(C)C)[nH]c(COC(C)S(=O)(=O)c2ccc(Br)cc2)cc1=O. The first-order valence-electron chi connectivity index (χ1n) is 10.4. The fraction of sp³-hybridized carbons (Fsp3) is 0.455. The Labute approximate surface area is 196 Å². The number of sulfone groups is 1. The lowest BCUT2D eigenvalue weighted by Crippen LogP contribution is -2.33. The summed E-state index contributed by atoms with van der Waals surface area (Å²) in [5.74, 6) is -0.545. The second kappa shape index (κ2) is 11.6. The third-order valence-corrected chi connectivity index (χ3v) is 6.95. The Bertz CT molecular complexity index is 1080. The number of halogens is 1. The van der Waals surface area contributed by atoms with Gasteiger partial charge in [-0.1, -0.05) is 29.3 Å². The number of carbonyl (C=O) groups excluding carboxylic acids is 1. The van der Waals surface area contributed by atoms with Gasteiger partial charge in [0.2, 0.25) is 15.3 Å². The molecule has 0 saturated carbocycles. The van der Waals surface area contributed by atoms with Crippen LogP contribution in [-0.2, 0) is 21.2 Å². The Morgan fingerprint density at radius 2 is 1.84 bits per heavy atom. The molecule has 1 unspecified atom stereocenters. The number of unbranched alkanes of at least 4 members (excludes halogenated alkanes) is 1. The molecule has 0 aliphatic rings. The second-order valence-corrected chi connectivity index (χ2v) is 10.7. The van der Waals surface area contributed by atoms with Gasteiger partial charge >= 0.3 is 0 Å². The lowest BCUT2D eigenvalue weighted by atomic mass is 10.2. The van der Waals surface area contributed by atoms with Crippen LogP contribution in [-0.4, -0.2) is 37.4 Å². The van der Waals surface area contributed by atoms with Crippen LogP contribution in [0.15, 0.2) is 44.5 Å². The smallest absolute Gasteiger partial charge is 0.271 e. The third kappa shape index (κ3) is 6.91. The Balaban J connectivity index is 2.25. The van der Waals surface area contributed by atoms with Gasteiger partial charge in [0.15, 0.2) is 16.9 Å². The molecule has 176 valence electrons. The minimum atomic E-state index is -3.74. The third-order valence-electron chi connectivity index (χ3n) is 4.49. The van der Waals surface area contributed by atoms with Crippen LogP contribution >= 0.6 is 15.9 Å². The number of aromatic amines is 1. The van der Waals surface area contributed by atoms with Crippen LogP contribution in [0.1, 0.15) is 56.7 Å². The molecule has 0 spiro atoms. The molecule has 0 radical (unpaired) electrons. The van der Waals surface area contributed by atoms with Crippen molar-refractivity contribution in [1.29, 1.82) is 0 Å². The Hall–Kier alpha value is -2.17. The summed E-state index contributed by atoms with van der Waals surface area (Å²) in [5.41, 5.74) is -1.38. The molecule has 8 nitrogen and oxygen atoms in total. The summed E-state index contributed by atoms with van der Waals surface area (Å²) in [5, 5.41) is 2.73. The maximum atomic E-state index is 12.7. The number of ether oxygens (including phenoxy) is 2. The van der Waals surface area contributed by atoms with Gasteiger partial charge in [0, 0.05) is 22.3 Å². The maximum absolute atomic E-state index is 12.7. The first-order valence-corrected chi connectivity index (χ1v) is 12.7. The lowest BCUT2D eigenvalue weighted by molar-refractivity contribution is 0.0923. The van der Waals surface area contributed by atoms with E-state index < -0.39 is 26.6 Å². The average Bonchev–Trinajstić information content (AvgIpc) is 2.72. The fourth-order valence-electron chi connectivity index (χ4n) is 2.75. The van der Waals surface area contributed by atoms with Gasteiger partial charge in [-0.15, -0.1) is 0 Å². The summed E-state index contributed by atoms with van der Waals surface area (Å²) in [6.07, 6.45) is 1.61. The van der Waals surface area contributed by atoms with Crippen molar-refractivity contribution in [2.75, 3.05) is 6.61 Å². The number of aromatic nitrogens is 1. The number of carbonyl (C=O) groups is 1. The first kappa shape index (κ1) is 26.1. The molecule has 10 heteroatoms. The first-order chi connectivity index (χ1) is 15.1. The van der Waals surface area contributed by atoms with E-state index in [4.69, 9.17) is 9.47 Å². The van der Waals surface area contributed by atoms with E-state index in [1.807, 2.05) is 6.92 Å². The van der Waals surface area contributed by atoms with Gasteiger partial charge in [-0.2, -0.15) is 0 Å². The zero-order chi connectivity index (χ0) is 23.9. The van der Waals surface area contributed by atoms with Crippen LogP contribution in [0.25, 0.3) is 0 Å². The lowest BCUT2D eigenvalue weighted by Gasteiger charge is -2.16. The number of rotatable bonds is 11. The van der Waals surface area contributed by atoms with E-state index in [0.717, 1.165) is 17.3 Å². The van der Waals surface area contributed by atoms with Crippen molar-refractivity contribution < 1.29 is 22.7 Å². The highest BCUT2D eigenvalue weighted by atomic mass is 79.9. The molecular formula is C22H29BrN2O6S. The molecule has 0 saturated heterocycles. The predicted molar refractivity (Wildman–Crippen MR) is 126 cm³/mol. The predicted octanol–water partition coefficient (Wildman–Crippen LogP) is 3.79. The van der Waals surface area contributed by atoms with E-state index in [2.05, 4.69) is 26.2 Å². The van der Waals surface area contributed by atoms with Gasteiger partial charge in [-0.3, -0.25) is 9.59 Å². The van der Waals surface area contributed by atoms with Crippen molar-refractivity contribution in [3.63, 3.8) is 0 Å². The molecule has 0 aliphatic carbocycles.